The second kappa shape index (κ2) is 3.45. The molecule has 0 unspecified atom stereocenters. The zero-order chi connectivity index (χ0) is 11.1. The third-order valence-corrected chi connectivity index (χ3v) is 2.70. The molecule has 1 aromatic carbocycles. The fourth-order valence-corrected chi connectivity index (χ4v) is 1.56. The maximum absolute atomic E-state index is 12.4. The minimum absolute atomic E-state index is 0.0280. The van der Waals surface area contributed by atoms with Crippen LogP contribution in [-0.4, -0.2) is 15.8 Å². The first-order chi connectivity index (χ1) is 7.00. The van der Waals surface area contributed by atoms with Gasteiger partial charge in [-0.25, -0.2) is 8.78 Å². The molecule has 2 rings (SSSR count). The Morgan fingerprint density at radius 3 is 2.53 bits per heavy atom. The van der Waals surface area contributed by atoms with Crippen molar-refractivity contribution in [1.29, 1.82) is 0 Å². The van der Waals surface area contributed by atoms with Gasteiger partial charge in [0.05, 0.1) is 5.60 Å². The Kier molecular flexibility index (Phi) is 2.38. The summed E-state index contributed by atoms with van der Waals surface area (Å²) in [4.78, 5) is 0. The van der Waals surface area contributed by atoms with Crippen LogP contribution in [0.5, 0.6) is 5.75 Å². The van der Waals surface area contributed by atoms with Gasteiger partial charge in [-0.1, -0.05) is 0 Å². The zero-order valence-electron chi connectivity index (χ0n) is 8.08. The molecule has 0 aromatic heterocycles. The Labute approximate surface area is 86.2 Å². The number of phenolic OH excluding ortho intramolecular Hbond substituents is 1. The van der Waals surface area contributed by atoms with Crippen LogP contribution in [0.15, 0.2) is 18.2 Å². The van der Waals surface area contributed by atoms with Gasteiger partial charge in [-0.05, 0) is 36.6 Å². The molecule has 15 heavy (non-hydrogen) atoms. The van der Waals surface area contributed by atoms with Gasteiger partial charge in [-0.3, -0.25) is 0 Å². The molecule has 2 nitrogen and oxygen atoms in total. The van der Waals surface area contributed by atoms with Gasteiger partial charge < -0.3 is 10.2 Å². The predicted octanol–water partition coefficient (Wildman–Crippen LogP) is 2.40. The van der Waals surface area contributed by atoms with E-state index >= 15 is 0 Å². The molecule has 0 spiro atoms. The van der Waals surface area contributed by atoms with Crippen LogP contribution in [0.3, 0.4) is 0 Å². The van der Waals surface area contributed by atoms with Gasteiger partial charge in [-0.15, -0.1) is 0 Å². The molecule has 0 atom stereocenters. The summed E-state index contributed by atoms with van der Waals surface area (Å²) in [7, 11) is 0. The molecule has 4 heteroatoms. The van der Waals surface area contributed by atoms with Crippen molar-refractivity contribution in [3.63, 3.8) is 0 Å². The van der Waals surface area contributed by atoms with Crippen molar-refractivity contribution < 1.29 is 19.0 Å². The number of hydrogen-bond donors (Lipinski definition) is 2. The number of halogens is 2. The highest BCUT2D eigenvalue weighted by molar-refractivity contribution is 5.38. The van der Waals surface area contributed by atoms with Crippen molar-refractivity contribution in [2.45, 2.75) is 31.3 Å². The zero-order valence-corrected chi connectivity index (χ0v) is 8.08. The van der Waals surface area contributed by atoms with Crippen LogP contribution < -0.4 is 0 Å². The minimum atomic E-state index is -2.54. The number of alkyl halides is 2. The van der Waals surface area contributed by atoms with Crippen LogP contribution in [-0.2, 0) is 6.42 Å². The molecule has 82 valence electrons. The van der Waals surface area contributed by atoms with Crippen molar-refractivity contribution in [3.05, 3.63) is 29.3 Å². The van der Waals surface area contributed by atoms with Crippen molar-refractivity contribution in [3.8, 4) is 5.75 Å². The van der Waals surface area contributed by atoms with Crippen molar-refractivity contribution in [2.24, 2.45) is 0 Å². The van der Waals surface area contributed by atoms with E-state index in [4.69, 9.17) is 0 Å². The maximum Gasteiger partial charge on any atom is 0.263 e. The van der Waals surface area contributed by atoms with Crippen molar-refractivity contribution >= 4 is 0 Å². The molecule has 1 saturated carbocycles. The average Bonchev–Trinajstić information content (AvgIpc) is 2.87. The lowest BCUT2D eigenvalue weighted by Gasteiger charge is -2.10. The molecule has 1 aliphatic rings. The number of aliphatic hydroxyl groups is 1. The molecule has 0 bridgehead atoms. The lowest BCUT2D eigenvalue weighted by atomic mass is 10.0. The Morgan fingerprint density at radius 1 is 1.33 bits per heavy atom. The largest absolute Gasteiger partial charge is 0.508 e. The number of phenols is 1. The van der Waals surface area contributed by atoms with E-state index in [0.29, 0.717) is 18.4 Å². The van der Waals surface area contributed by atoms with E-state index in [1.54, 1.807) is 0 Å². The standard InChI is InChI=1S/C11H12F2O2/c12-10(13)7-1-2-9(14)8(5-7)6-11(15)3-4-11/h1-2,5,10,14-15H,3-4,6H2. The first-order valence-corrected chi connectivity index (χ1v) is 4.82. The molecule has 0 heterocycles. The summed E-state index contributed by atoms with van der Waals surface area (Å²) >= 11 is 0. The summed E-state index contributed by atoms with van der Waals surface area (Å²) in [5, 5.41) is 19.1. The lowest BCUT2D eigenvalue weighted by molar-refractivity contribution is 0.146. The number of aromatic hydroxyl groups is 1. The molecule has 1 aliphatic carbocycles. The highest BCUT2D eigenvalue weighted by Crippen LogP contribution is 2.40. The van der Waals surface area contributed by atoms with Crippen LogP contribution in [0.2, 0.25) is 0 Å². The average molecular weight is 214 g/mol. The van der Waals surface area contributed by atoms with E-state index in [0.717, 1.165) is 0 Å². The van der Waals surface area contributed by atoms with Crippen molar-refractivity contribution in [1.82, 2.24) is 0 Å². The summed E-state index contributed by atoms with van der Waals surface area (Å²) in [6.45, 7) is 0. The molecular formula is C11H12F2O2. The van der Waals surface area contributed by atoms with Crippen LogP contribution in [0.4, 0.5) is 8.78 Å². The molecule has 1 fully saturated rings. The molecule has 2 N–H and O–H groups in total. The van der Waals surface area contributed by atoms with E-state index in [1.807, 2.05) is 0 Å². The third kappa shape index (κ3) is 2.26. The molecule has 0 saturated heterocycles. The number of hydrogen-bond acceptors (Lipinski definition) is 2. The van der Waals surface area contributed by atoms with Crippen LogP contribution >= 0.6 is 0 Å². The summed E-state index contributed by atoms with van der Waals surface area (Å²) in [5.41, 5.74) is -0.502. The summed E-state index contributed by atoms with van der Waals surface area (Å²) in [5.74, 6) is -0.0280. The van der Waals surface area contributed by atoms with Gasteiger partial charge in [0.15, 0.2) is 0 Å². The third-order valence-electron chi connectivity index (χ3n) is 2.70. The molecule has 0 amide bonds. The summed E-state index contributed by atoms with van der Waals surface area (Å²) in [6, 6.07) is 3.71. The predicted molar refractivity (Wildman–Crippen MR) is 51.0 cm³/mol. The Hall–Kier alpha value is -1.16. The molecular weight excluding hydrogens is 202 g/mol. The maximum atomic E-state index is 12.4. The Balaban J connectivity index is 2.24. The molecule has 1 aromatic rings. The summed E-state index contributed by atoms with van der Waals surface area (Å²) in [6.07, 6.45) is -0.950. The topological polar surface area (TPSA) is 40.5 Å². The van der Waals surface area contributed by atoms with Gasteiger partial charge in [-0.2, -0.15) is 0 Å². The second-order valence-electron chi connectivity index (χ2n) is 4.09. The molecule has 0 aliphatic heterocycles. The Morgan fingerprint density at radius 2 is 2.00 bits per heavy atom. The summed E-state index contributed by atoms with van der Waals surface area (Å²) < 4.78 is 24.8. The van der Waals surface area contributed by atoms with Gasteiger partial charge in [0, 0.05) is 12.0 Å². The van der Waals surface area contributed by atoms with E-state index in [2.05, 4.69) is 0 Å². The first-order valence-electron chi connectivity index (χ1n) is 4.82. The number of benzene rings is 1. The molecule has 0 radical (unpaired) electrons. The number of rotatable bonds is 3. The fraction of sp³-hybridized carbons (Fsp3) is 0.455. The van der Waals surface area contributed by atoms with E-state index in [-0.39, 0.29) is 17.7 Å². The van der Waals surface area contributed by atoms with E-state index < -0.39 is 12.0 Å². The SMILES string of the molecule is Oc1ccc(C(F)F)cc1CC1(O)CC1. The van der Waals surface area contributed by atoms with E-state index in [1.165, 1.54) is 18.2 Å². The minimum Gasteiger partial charge on any atom is -0.508 e. The first kappa shape index (κ1) is 10.4. The smallest absolute Gasteiger partial charge is 0.263 e. The van der Waals surface area contributed by atoms with Gasteiger partial charge in [0.2, 0.25) is 0 Å². The van der Waals surface area contributed by atoms with Crippen LogP contribution in [0.1, 0.15) is 30.4 Å². The quantitative estimate of drug-likeness (QED) is 0.811. The second-order valence-corrected chi connectivity index (χ2v) is 4.09. The van der Waals surface area contributed by atoms with Crippen molar-refractivity contribution in [2.75, 3.05) is 0 Å². The monoisotopic (exact) mass is 214 g/mol. The highest BCUT2D eigenvalue weighted by Gasteiger charge is 2.40. The van der Waals surface area contributed by atoms with E-state index in [9.17, 15) is 19.0 Å². The van der Waals surface area contributed by atoms with Crippen LogP contribution in [0.25, 0.3) is 0 Å². The lowest BCUT2D eigenvalue weighted by Crippen LogP contribution is -2.11. The van der Waals surface area contributed by atoms with Crippen LogP contribution in [0, 0.1) is 0 Å². The normalized spacial score (nSPS) is 18.1. The van der Waals surface area contributed by atoms with Gasteiger partial charge in [0.1, 0.15) is 5.75 Å². The fourth-order valence-electron chi connectivity index (χ4n) is 1.56. The highest BCUT2D eigenvalue weighted by atomic mass is 19.3. The van der Waals surface area contributed by atoms with Gasteiger partial charge >= 0.3 is 0 Å². The van der Waals surface area contributed by atoms with Gasteiger partial charge in [0.25, 0.3) is 6.43 Å². The Bertz CT molecular complexity index is 373.